The quantitative estimate of drug-likeness (QED) is 0.780. The Hall–Kier alpha value is -1.79. The lowest BCUT2D eigenvalue weighted by Crippen LogP contribution is -2.54. The van der Waals surface area contributed by atoms with E-state index in [0.717, 1.165) is 0 Å². The molecule has 20 heavy (non-hydrogen) atoms. The van der Waals surface area contributed by atoms with Gasteiger partial charge in [0.1, 0.15) is 0 Å². The summed E-state index contributed by atoms with van der Waals surface area (Å²) in [5, 5.41) is 11.8. The molecule has 0 saturated carbocycles. The van der Waals surface area contributed by atoms with Gasteiger partial charge in [0.15, 0.2) is 0 Å². The van der Waals surface area contributed by atoms with Crippen LogP contribution in [-0.4, -0.2) is 65.5 Å². The van der Waals surface area contributed by atoms with Crippen LogP contribution >= 0.6 is 0 Å². The molecule has 7 nitrogen and oxygen atoms in total. The van der Waals surface area contributed by atoms with Crippen molar-refractivity contribution < 1.29 is 19.5 Å². The highest BCUT2D eigenvalue weighted by Crippen LogP contribution is 2.20. The van der Waals surface area contributed by atoms with Gasteiger partial charge in [0.2, 0.25) is 5.91 Å². The standard InChI is InChI=1S/C13H23N3O4/c1-4-13(3,11(18)19)9-14-12(20)16-7-5-15(6-8-16)10(2)17/h4-9H2,1-3H3,(H,14,20)(H,18,19). The van der Waals surface area contributed by atoms with Crippen LogP contribution in [0.5, 0.6) is 0 Å². The molecule has 1 aliphatic heterocycles. The minimum atomic E-state index is -0.948. The number of carbonyl (C=O) groups excluding carboxylic acids is 2. The van der Waals surface area contributed by atoms with Gasteiger partial charge in [-0.3, -0.25) is 9.59 Å². The van der Waals surface area contributed by atoms with Crippen LogP contribution in [0.4, 0.5) is 4.79 Å². The van der Waals surface area contributed by atoms with Crippen LogP contribution in [0.3, 0.4) is 0 Å². The maximum absolute atomic E-state index is 12.0. The molecule has 1 aliphatic rings. The van der Waals surface area contributed by atoms with Crippen LogP contribution in [-0.2, 0) is 9.59 Å². The highest BCUT2D eigenvalue weighted by Gasteiger charge is 2.32. The van der Waals surface area contributed by atoms with Gasteiger partial charge in [-0.25, -0.2) is 4.79 Å². The van der Waals surface area contributed by atoms with Crippen LogP contribution in [0, 0.1) is 5.41 Å². The number of nitrogens with one attached hydrogen (secondary N) is 1. The van der Waals surface area contributed by atoms with E-state index in [0.29, 0.717) is 32.6 Å². The van der Waals surface area contributed by atoms with E-state index >= 15 is 0 Å². The molecule has 0 aromatic heterocycles. The summed E-state index contributed by atoms with van der Waals surface area (Å²) < 4.78 is 0. The fraction of sp³-hybridized carbons (Fsp3) is 0.769. The van der Waals surface area contributed by atoms with Crippen LogP contribution in [0.1, 0.15) is 27.2 Å². The van der Waals surface area contributed by atoms with Crippen LogP contribution < -0.4 is 5.32 Å². The van der Waals surface area contributed by atoms with Crippen LogP contribution in [0.2, 0.25) is 0 Å². The Kier molecular flexibility index (Phi) is 5.35. The highest BCUT2D eigenvalue weighted by atomic mass is 16.4. The first-order chi connectivity index (χ1) is 9.30. The van der Waals surface area contributed by atoms with Gasteiger partial charge in [0.05, 0.1) is 5.41 Å². The van der Waals surface area contributed by atoms with Crippen molar-refractivity contribution in [3.63, 3.8) is 0 Å². The molecule has 1 fully saturated rings. The van der Waals surface area contributed by atoms with Crippen molar-refractivity contribution >= 4 is 17.9 Å². The Bertz CT molecular complexity index is 391. The zero-order chi connectivity index (χ0) is 15.3. The van der Waals surface area contributed by atoms with E-state index in [1.54, 1.807) is 23.6 Å². The van der Waals surface area contributed by atoms with Gasteiger partial charge in [-0.05, 0) is 13.3 Å². The summed E-state index contributed by atoms with van der Waals surface area (Å²) >= 11 is 0. The fourth-order valence-electron chi connectivity index (χ4n) is 1.96. The van der Waals surface area contributed by atoms with E-state index in [2.05, 4.69) is 5.32 Å². The molecule has 7 heteroatoms. The van der Waals surface area contributed by atoms with E-state index in [-0.39, 0.29) is 18.5 Å². The maximum Gasteiger partial charge on any atom is 0.317 e. The number of carboxylic acids is 1. The monoisotopic (exact) mass is 285 g/mol. The van der Waals surface area contributed by atoms with Crippen molar-refractivity contribution in [2.24, 2.45) is 5.41 Å². The average molecular weight is 285 g/mol. The second-order valence-corrected chi connectivity index (χ2v) is 5.37. The predicted octanol–water partition coefficient (Wildman–Crippen LogP) is 0.361. The molecule has 1 rings (SSSR count). The van der Waals surface area contributed by atoms with Crippen LogP contribution in [0.15, 0.2) is 0 Å². The molecule has 0 radical (unpaired) electrons. The third kappa shape index (κ3) is 3.85. The molecule has 1 saturated heterocycles. The first-order valence-corrected chi connectivity index (χ1v) is 6.82. The zero-order valence-corrected chi connectivity index (χ0v) is 12.3. The molecule has 0 aliphatic carbocycles. The van der Waals surface area contributed by atoms with Crippen molar-refractivity contribution in [2.45, 2.75) is 27.2 Å². The first kappa shape index (κ1) is 16.3. The Morgan fingerprint density at radius 3 is 2.05 bits per heavy atom. The molecule has 1 unspecified atom stereocenters. The number of amides is 3. The van der Waals surface area contributed by atoms with Crippen molar-refractivity contribution in [1.29, 1.82) is 0 Å². The topological polar surface area (TPSA) is 90.0 Å². The van der Waals surface area contributed by atoms with Crippen LogP contribution in [0.25, 0.3) is 0 Å². The fourth-order valence-corrected chi connectivity index (χ4v) is 1.96. The van der Waals surface area contributed by atoms with E-state index in [9.17, 15) is 14.4 Å². The molecule has 0 spiro atoms. The highest BCUT2D eigenvalue weighted by molar-refractivity contribution is 5.78. The molecule has 1 heterocycles. The van der Waals surface area contributed by atoms with Gasteiger partial charge in [-0.2, -0.15) is 0 Å². The second-order valence-electron chi connectivity index (χ2n) is 5.37. The van der Waals surface area contributed by atoms with Gasteiger partial charge >= 0.3 is 12.0 Å². The molecular weight excluding hydrogens is 262 g/mol. The summed E-state index contributed by atoms with van der Waals surface area (Å²) in [6, 6.07) is -0.269. The molecule has 0 bridgehead atoms. The molecule has 0 aromatic rings. The zero-order valence-electron chi connectivity index (χ0n) is 12.3. The third-order valence-corrected chi connectivity index (χ3v) is 3.94. The van der Waals surface area contributed by atoms with Crippen molar-refractivity contribution in [3.05, 3.63) is 0 Å². The van der Waals surface area contributed by atoms with E-state index in [4.69, 9.17) is 5.11 Å². The number of hydrogen-bond acceptors (Lipinski definition) is 3. The summed E-state index contributed by atoms with van der Waals surface area (Å²) in [6.45, 7) is 7.00. The van der Waals surface area contributed by atoms with E-state index in [1.807, 2.05) is 0 Å². The minimum absolute atomic E-state index is 0.00879. The Balaban J connectivity index is 2.45. The smallest absolute Gasteiger partial charge is 0.317 e. The van der Waals surface area contributed by atoms with Gasteiger partial charge < -0.3 is 20.2 Å². The third-order valence-electron chi connectivity index (χ3n) is 3.94. The summed E-state index contributed by atoms with van der Waals surface area (Å²) in [7, 11) is 0. The second kappa shape index (κ2) is 6.58. The average Bonchev–Trinajstić information content (AvgIpc) is 2.44. The predicted molar refractivity (Wildman–Crippen MR) is 73.3 cm³/mol. The lowest BCUT2D eigenvalue weighted by Gasteiger charge is -2.35. The van der Waals surface area contributed by atoms with Crippen molar-refractivity contribution in [3.8, 4) is 0 Å². The summed E-state index contributed by atoms with van der Waals surface area (Å²) in [5.74, 6) is -0.906. The minimum Gasteiger partial charge on any atom is -0.481 e. The molecule has 114 valence electrons. The number of hydrogen-bond donors (Lipinski definition) is 2. The molecule has 2 N–H and O–H groups in total. The number of nitrogens with zero attached hydrogens (tertiary/aromatic N) is 2. The normalized spacial score (nSPS) is 18.4. The molecule has 1 atom stereocenters. The number of carbonyl (C=O) groups is 3. The first-order valence-electron chi connectivity index (χ1n) is 6.82. The van der Waals surface area contributed by atoms with Crippen molar-refractivity contribution in [2.75, 3.05) is 32.7 Å². The number of rotatable bonds is 4. The maximum atomic E-state index is 12.0. The largest absolute Gasteiger partial charge is 0.481 e. The van der Waals surface area contributed by atoms with Gasteiger partial charge in [-0.15, -0.1) is 0 Å². The Morgan fingerprint density at radius 2 is 1.65 bits per heavy atom. The molecule has 0 aromatic carbocycles. The van der Waals surface area contributed by atoms with Crippen molar-refractivity contribution in [1.82, 2.24) is 15.1 Å². The van der Waals surface area contributed by atoms with E-state index < -0.39 is 11.4 Å². The SMILES string of the molecule is CCC(C)(CNC(=O)N1CCN(C(C)=O)CC1)C(=O)O. The van der Waals surface area contributed by atoms with Gasteiger partial charge in [0, 0.05) is 39.6 Å². The summed E-state index contributed by atoms with van der Waals surface area (Å²) in [4.78, 5) is 37.6. The number of aliphatic carboxylic acids is 1. The van der Waals surface area contributed by atoms with E-state index in [1.165, 1.54) is 6.92 Å². The summed E-state index contributed by atoms with van der Waals surface area (Å²) in [5.41, 5.74) is -0.948. The Labute approximate surface area is 118 Å². The number of carboxylic acid groups (broad SMARTS) is 1. The lowest BCUT2D eigenvalue weighted by molar-refractivity contribution is -0.147. The van der Waals surface area contributed by atoms with Gasteiger partial charge in [-0.1, -0.05) is 6.92 Å². The number of urea groups is 1. The molecule has 3 amide bonds. The summed E-state index contributed by atoms with van der Waals surface area (Å²) in [6.07, 6.45) is 0.445. The number of piperazine rings is 1. The lowest BCUT2D eigenvalue weighted by atomic mass is 9.88. The Morgan fingerprint density at radius 1 is 1.15 bits per heavy atom. The van der Waals surface area contributed by atoms with Gasteiger partial charge in [0.25, 0.3) is 0 Å². The molecular formula is C13H23N3O4.